The number of hydrogen-bond donors (Lipinski definition) is 1. The Morgan fingerprint density at radius 3 is 1.79 bits per heavy atom. The minimum absolute atomic E-state index is 0.0145. The molecule has 1 aliphatic rings. The van der Waals surface area contributed by atoms with E-state index in [1.807, 2.05) is 41.5 Å². The number of aliphatic hydroxyl groups excluding tert-OH is 1. The fourth-order valence-electron chi connectivity index (χ4n) is 2.16. The molecule has 0 aromatic rings. The normalized spacial score (nSPS) is 32.5. The standard InChI is InChI=1S/C14H28O5/c1-8(2)17-11-7-16-14(15)13(19-10(5)6)12(11)18-9(3)4/h8-15H,7H2,1-6H3/t11-,12-,13+,14?/m1/s1. The summed E-state index contributed by atoms with van der Waals surface area (Å²) >= 11 is 0. The summed E-state index contributed by atoms with van der Waals surface area (Å²) in [6, 6.07) is 0. The lowest BCUT2D eigenvalue weighted by Crippen LogP contribution is -2.57. The van der Waals surface area contributed by atoms with Gasteiger partial charge in [0.1, 0.15) is 18.3 Å². The first-order valence-electron chi connectivity index (χ1n) is 7.07. The van der Waals surface area contributed by atoms with Crippen molar-refractivity contribution in [2.75, 3.05) is 6.61 Å². The zero-order valence-electron chi connectivity index (χ0n) is 12.8. The molecule has 5 nitrogen and oxygen atoms in total. The zero-order valence-corrected chi connectivity index (χ0v) is 12.8. The van der Waals surface area contributed by atoms with E-state index in [1.165, 1.54) is 0 Å². The number of aliphatic hydroxyl groups is 1. The van der Waals surface area contributed by atoms with E-state index < -0.39 is 12.4 Å². The van der Waals surface area contributed by atoms with Gasteiger partial charge in [-0.1, -0.05) is 0 Å². The lowest BCUT2D eigenvalue weighted by atomic mass is 10.0. The van der Waals surface area contributed by atoms with E-state index in [0.717, 1.165) is 0 Å². The highest BCUT2D eigenvalue weighted by molar-refractivity contribution is 4.87. The maximum absolute atomic E-state index is 9.97. The average Bonchev–Trinajstić information content (AvgIpc) is 2.25. The van der Waals surface area contributed by atoms with E-state index in [0.29, 0.717) is 6.61 Å². The van der Waals surface area contributed by atoms with Gasteiger partial charge in [-0.15, -0.1) is 0 Å². The molecule has 1 saturated heterocycles. The van der Waals surface area contributed by atoms with Crippen LogP contribution in [0.1, 0.15) is 41.5 Å². The van der Waals surface area contributed by atoms with Crippen LogP contribution in [0.4, 0.5) is 0 Å². The van der Waals surface area contributed by atoms with Crippen LogP contribution < -0.4 is 0 Å². The molecule has 0 amide bonds. The monoisotopic (exact) mass is 276 g/mol. The van der Waals surface area contributed by atoms with Gasteiger partial charge in [0, 0.05) is 0 Å². The van der Waals surface area contributed by atoms with Crippen LogP contribution in [0.2, 0.25) is 0 Å². The van der Waals surface area contributed by atoms with Gasteiger partial charge < -0.3 is 24.1 Å². The van der Waals surface area contributed by atoms with Crippen molar-refractivity contribution in [1.29, 1.82) is 0 Å². The maximum Gasteiger partial charge on any atom is 0.183 e. The summed E-state index contributed by atoms with van der Waals surface area (Å²) in [4.78, 5) is 0. The average molecular weight is 276 g/mol. The van der Waals surface area contributed by atoms with Crippen LogP contribution in [0.25, 0.3) is 0 Å². The van der Waals surface area contributed by atoms with Crippen molar-refractivity contribution in [3.8, 4) is 0 Å². The predicted octanol–water partition coefficient (Wildman–Crippen LogP) is 1.72. The second-order valence-electron chi connectivity index (χ2n) is 5.75. The zero-order chi connectivity index (χ0) is 14.6. The highest BCUT2D eigenvalue weighted by atomic mass is 16.7. The van der Waals surface area contributed by atoms with Crippen LogP contribution in [-0.2, 0) is 18.9 Å². The van der Waals surface area contributed by atoms with Gasteiger partial charge >= 0.3 is 0 Å². The minimum Gasteiger partial charge on any atom is -0.370 e. The predicted molar refractivity (Wildman–Crippen MR) is 72.0 cm³/mol. The second kappa shape index (κ2) is 7.55. The molecule has 1 aliphatic heterocycles. The molecule has 0 aliphatic carbocycles. The van der Waals surface area contributed by atoms with Crippen molar-refractivity contribution in [2.45, 2.75) is 84.5 Å². The summed E-state index contributed by atoms with van der Waals surface area (Å²) in [5.41, 5.74) is 0. The maximum atomic E-state index is 9.97. The third-order valence-corrected chi connectivity index (χ3v) is 2.71. The molecular formula is C14H28O5. The summed E-state index contributed by atoms with van der Waals surface area (Å²) in [5, 5.41) is 9.97. The van der Waals surface area contributed by atoms with Crippen LogP contribution in [-0.4, -0.2) is 54.6 Å². The molecule has 0 spiro atoms. The fourth-order valence-corrected chi connectivity index (χ4v) is 2.16. The quantitative estimate of drug-likeness (QED) is 0.800. The van der Waals surface area contributed by atoms with E-state index in [2.05, 4.69) is 0 Å². The van der Waals surface area contributed by atoms with Gasteiger partial charge in [-0.25, -0.2) is 0 Å². The smallest absolute Gasteiger partial charge is 0.183 e. The molecule has 0 aromatic heterocycles. The Kier molecular flexibility index (Phi) is 6.69. The molecule has 1 unspecified atom stereocenters. The Bertz CT molecular complexity index is 254. The molecule has 5 heteroatoms. The van der Waals surface area contributed by atoms with Crippen LogP contribution in [0.3, 0.4) is 0 Å². The SMILES string of the molecule is CC(C)O[C@H]1[C@H](OC(C)C)C(O)OC[C@H]1OC(C)C. The molecule has 1 rings (SSSR count). The molecule has 1 N–H and O–H groups in total. The summed E-state index contributed by atoms with van der Waals surface area (Å²) in [5.74, 6) is 0. The molecular weight excluding hydrogens is 248 g/mol. The Morgan fingerprint density at radius 2 is 1.32 bits per heavy atom. The summed E-state index contributed by atoms with van der Waals surface area (Å²) in [6.07, 6.45) is -1.96. The number of hydrogen-bond acceptors (Lipinski definition) is 5. The Hall–Kier alpha value is -0.200. The molecule has 4 atom stereocenters. The van der Waals surface area contributed by atoms with Gasteiger partial charge in [-0.05, 0) is 41.5 Å². The van der Waals surface area contributed by atoms with Crippen molar-refractivity contribution < 1.29 is 24.1 Å². The summed E-state index contributed by atoms with van der Waals surface area (Å²) in [7, 11) is 0. The third-order valence-electron chi connectivity index (χ3n) is 2.71. The molecule has 114 valence electrons. The molecule has 0 aromatic carbocycles. The highest BCUT2D eigenvalue weighted by Gasteiger charge is 2.43. The third kappa shape index (κ3) is 5.36. The van der Waals surface area contributed by atoms with Crippen LogP contribution in [0.15, 0.2) is 0 Å². The van der Waals surface area contributed by atoms with Crippen LogP contribution in [0, 0.1) is 0 Å². The van der Waals surface area contributed by atoms with Crippen molar-refractivity contribution in [2.24, 2.45) is 0 Å². The van der Waals surface area contributed by atoms with Crippen LogP contribution in [0.5, 0.6) is 0 Å². The van der Waals surface area contributed by atoms with Gasteiger partial charge in [0.15, 0.2) is 6.29 Å². The van der Waals surface area contributed by atoms with Crippen molar-refractivity contribution in [1.82, 2.24) is 0 Å². The van der Waals surface area contributed by atoms with E-state index in [9.17, 15) is 5.11 Å². The Labute approximate surface area is 116 Å². The molecule has 0 saturated carbocycles. The first-order chi connectivity index (χ1) is 8.81. The molecule has 19 heavy (non-hydrogen) atoms. The van der Waals surface area contributed by atoms with E-state index in [1.54, 1.807) is 0 Å². The molecule has 1 heterocycles. The first kappa shape index (κ1) is 16.9. The Balaban J connectivity index is 2.81. The van der Waals surface area contributed by atoms with E-state index in [-0.39, 0.29) is 30.5 Å². The van der Waals surface area contributed by atoms with Crippen molar-refractivity contribution in [3.63, 3.8) is 0 Å². The topological polar surface area (TPSA) is 57.2 Å². The summed E-state index contributed by atoms with van der Waals surface area (Å²) in [6.45, 7) is 12.0. The highest BCUT2D eigenvalue weighted by Crippen LogP contribution is 2.25. The lowest BCUT2D eigenvalue weighted by Gasteiger charge is -2.42. The second-order valence-corrected chi connectivity index (χ2v) is 5.75. The van der Waals surface area contributed by atoms with Gasteiger partial charge in [-0.2, -0.15) is 0 Å². The fraction of sp³-hybridized carbons (Fsp3) is 1.00. The molecule has 0 bridgehead atoms. The van der Waals surface area contributed by atoms with Gasteiger partial charge in [0.25, 0.3) is 0 Å². The van der Waals surface area contributed by atoms with E-state index in [4.69, 9.17) is 18.9 Å². The van der Waals surface area contributed by atoms with Gasteiger partial charge in [0.05, 0.1) is 24.9 Å². The minimum atomic E-state index is -0.974. The Morgan fingerprint density at radius 1 is 0.842 bits per heavy atom. The van der Waals surface area contributed by atoms with Crippen molar-refractivity contribution >= 4 is 0 Å². The number of ether oxygens (including phenoxy) is 4. The lowest BCUT2D eigenvalue weighted by molar-refractivity contribution is -0.295. The summed E-state index contributed by atoms with van der Waals surface area (Å²) < 4.78 is 22.8. The van der Waals surface area contributed by atoms with Gasteiger partial charge in [0.2, 0.25) is 0 Å². The van der Waals surface area contributed by atoms with E-state index >= 15 is 0 Å². The number of rotatable bonds is 6. The van der Waals surface area contributed by atoms with Crippen LogP contribution >= 0.6 is 0 Å². The first-order valence-corrected chi connectivity index (χ1v) is 7.07. The van der Waals surface area contributed by atoms with Crippen molar-refractivity contribution in [3.05, 3.63) is 0 Å². The largest absolute Gasteiger partial charge is 0.370 e. The van der Waals surface area contributed by atoms with Gasteiger partial charge in [-0.3, -0.25) is 0 Å². The molecule has 0 radical (unpaired) electrons. The molecule has 1 fully saturated rings.